The van der Waals surface area contributed by atoms with E-state index < -0.39 is 0 Å². The van der Waals surface area contributed by atoms with Gasteiger partial charge in [-0.15, -0.1) is 0 Å². The average Bonchev–Trinajstić information content (AvgIpc) is 2.57. The summed E-state index contributed by atoms with van der Waals surface area (Å²) in [6.45, 7) is 0. The molecular formula is C10H10ClFN2. The van der Waals surface area contributed by atoms with Gasteiger partial charge in [0, 0.05) is 10.9 Å². The molecule has 1 unspecified atom stereocenters. The summed E-state index contributed by atoms with van der Waals surface area (Å²) in [5.41, 5.74) is 6.83. The van der Waals surface area contributed by atoms with Crippen LogP contribution in [0.3, 0.4) is 0 Å². The normalized spacial score (nSPS) is 19.4. The van der Waals surface area contributed by atoms with Crippen molar-refractivity contribution in [2.75, 3.05) is 0 Å². The predicted molar refractivity (Wildman–Crippen MR) is 54.2 cm³/mol. The highest BCUT2D eigenvalue weighted by molar-refractivity contribution is 6.31. The van der Waals surface area contributed by atoms with Crippen LogP contribution < -0.4 is 5.73 Å². The van der Waals surface area contributed by atoms with Crippen molar-refractivity contribution < 1.29 is 4.39 Å². The highest BCUT2D eigenvalue weighted by atomic mass is 35.5. The number of hydrogen-bond donors (Lipinski definition) is 2. The number of fused-ring (bicyclic) bond motifs is 1. The lowest BCUT2D eigenvalue weighted by molar-refractivity contribution is 0.607. The maximum absolute atomic E-state index is 13.3. The van der Waals surface area contributed by atoms with E-state index in [2.05, 4.69) is 0 Å². The molecule has 3 N–H and O–H groups in total. The third-order valence-electron chi connectivity index (χ3n) is 2.66. The minimum Gasteiger partial charge on any atom is -0.387 e. The Morgan fingerprint density at radius 1 is 1.43 bits per heavy atom. The molecule has 0 aliphatic heterocycles. The number of nitrogens with two attached hydrogens (primary N) is 1. The zero-order valence-corrected chi connectivity index (χ0v) is 8.24. The van der Waals surface area contributed by atoms with Gasteiger partial charge in [0.2, 0.25) is 0 Å². The number of benzene rings is 1. The highest BCUT2D eigenvalue weighted by Gasteiger charge is 2.27. The zero-order chi connectivity index (χ0) is 10.3. The summed E-state index contributed by atoms with van der Waals surface area (Å²) in [5.74, 6) is -0.218. The highest BCUT2D eigenvalue weighted by Crippen LogP contribution is 2.33. The zero-order valence-electron chi connectivity index (χ0n) is 7.48. The first-order valence-electron chi connectivity index (χ1n) is 4.39. The third kappa shape index (κ3) is 1.38. The first-order valence-corrected chi connectivity index (χ1v) is 4.77. The van der Waals surface area contributed by atoms with Gasteiger partial charge in [-0.2, -0.15) is 0 Å². The molecule has 1 aliphatic rings. The summed E-state index contributed by atoms with van der Waals surface area (Å²) in [6, 6.07) is 2.92. The van der Waals surface area contributed by atoms with Gasteiger partial charge >= 0.3 is 0 Å². The van der Waals surface area contributed by atoms with Crippen molar-refractivity contribution >= 4 is 17.4 Å². The van der Waals surface area contributed by atoms with E-state index in [4.69, 9.17) is 22.7 Å². The molecule has 0 bridgehead atoms. The summed E-state index contributed by atoms with van der Waals surface area (Å²) in [4.78, 5) is 0. The molecule has 0 saturated carbocycles. The molecule has 1 aromatic rings. The molecule has 0 fully saturated rings. The Balaban J connectivity index is 2.43. The van der Waals surface area contributed by atoms with Crippen LogP contribution >= 0.6 is 11.6 Å². The van der Waals surface area contributed by atoms with E-state index in [-0.39, 0.29) is 17.6 Å². The summed E-state index contributed by atoms with van der Waals surface area (Å²) in [7, 11) is 0. The minimum absolute atomic E-state index is 0.0839. The van der Waals surface area contributed by atoms with E-state index in [9.17, 15) is 4.39 Å². The van der Waals surface area contributed by atoms with Crippen molar-refractivity contribution in [2.45, 2.75) is 12.8 Å². The first kappa shape index (κ1) is 9.46. The molecule has 4 heteroatoms. The van der Waals surface area contributed by atoms with Crippen molar-refractivity contribution in [3.63, 3.8) is 0 Å². The lowest BCUT2D eigenvalue weighted by atomic mass is 10.1. The number of hydrogen-bond acceptors (Lipinski definition) is 1. The predicted octanol–water partition coefficient (Wildman–Crippen LogP) is 2.13. The molecule has 1 aliphatic carbocycles. The molecule has 0 amide bonds. The van der Waals surface area contributed by atoms with E-state index in [1.807, 2.05) is 0 Å². The van der Waals surface area contributed by atoms with E-state index in [1.54, 1.807) is 6.07 Å². The lowest BCUT2D eigenvalue weighted by Gasteiger charge is -2.04. The average molecular weight is 213 g/mol. The van der Waals surface area contributed by atoms with Crippen molar-refractivity contribution in [1.29, 1.82) is 5.41 Å². The fraction of sp³-hybridized carbons (Fsp3) is 0.300. The van der Waals surface area contributed by atoms with Crippen molar-refractivity contribution in [2.24, 2.45) is 11.7 Å². The molecule has 14 heavy (non-hydrogen) atoms. The Bertz CT molecular complexity index is 372. The summed E-state index contributed by atoms with van der Waals surface area (Å²) >= 11 is 5.93. The van der Waals surface area contributed by atoms with Crippen LogP contribution in [0.4, 0.5) is 4.39 Å². The van der Waals surface area contributed by atoms with Gasteiger partial charge in [0.25, 0.3) is 0 Å². The van der Waals surface area contributed by atoms with Crippen molar-refractivity contribution in [3.8, 4) is 0 Å². The van der Waals surface area contributed by atoms with Crippen LogP contribution in [0.5, 0.6) is 0 Å². The van der Waals surface area contributed by atoms with Gasteiger partial charge in [0.05, 0.1) is 5.84 Å². The Morgan fingerprint density at radius 3 is 2.64 bits per heavy atom. The van der Waals surface area contributed by atoms with Crippen LogP contribution in [0.25, 0.3) is 0 Å². The first-order chi connectivity index (χ1) is 6.59. The summed E-state index contributed by atoms with van der Waals surface area (Å²) in [5, 5.41) is 7.89. The van der Waals surface area contributed by atoms with E-state index in [1.165, 1.54) is 6.07 Å². The third-order valence-corrected chi connectivity index (χ3v) is 3.01. The molecule has 2 nitrogen and oxygen atoms in total. The second kappa shape index (κ2) is 3.24. The minimum atomic E-state index is -0.242. The van der Waals surface area contributed by atoms with Gasteiger partial charge < -0.3 is 5.73 Å². The van der Waals surface area contributed by atoms with Crippen LogP contribution in [0.1, 0.15) is 11.1 Å². The van der Waals surface area contributed by atoms with Crippen LogP contribution in [0.15, 0.2) is 12.1 Å². The van der Waals surface area contributed by atoms with Gasteiger partial charge in [-0.1, -0.05) is 11.6 Å². The lowest BCUT2D eigenvalue weighted by Crippen LogP contribution is -2.22. The quantitative estimate of drug-likeness (QED) is 0.544. The van der Waals surface area contributed by atoms with Gasteiger partial charge in [-0.05, 0) is 36.1 Å². The smallest absolute Gasteiger partial charge is 0.126 e. The Labute approximate surface area is 86.4 Å². The Kier molecular flexibility index (Phi) is 2.19. The molecule has 74 valence electrons. The SMILES string of the molecule is N=C(N)C1Cc2c(F)ccc(Cl)c2C1. The summed E-state index contributed by atoms with van der Waals surface area (Å²) in [6.07, 6.45) is 1.08. The fourth-order valence-electron chi connectivity index (χ4n) is 1.86. The maximum atomic E-state index is 13.3. The number of nitrogens with one attached hydrogen (secondary N) is 1. The topological polar surface area (TPSA) is 49.9 Å². The largest absolute Gasteiger partial charge is 0.387 e. The second-order valence-corrected chi connectivity index (χ2v) is 3.95. The molecule has 0 spiro atoms. The number of amidine groups is 1. The molecule has 0 heterocycles. The van der Waals surface area contributed by atoms with Gasteiger partial charge in [0.1, 0.15) is 5.82 Å². The van der Waals surface area contributed by atoms with E-state index in [0.717, 1.165) is 5.56 Å². The Hall–Kier alpha value is -1.09. The molecule has 0 radical (unpaired) electrons. The monoisotopic (exact) mass is 212 g/mol. The van der Waals surface area contributed by atoms with Crippen LogP contribution in [-0.4, -0.2) is 5.84 Å². The van der Waals surface area contributed by atoms with Crippen LogP contribution in [-0.2, 0) is 12.8 Å². The fourth-order valence-corrected chi connectivity index (χ4v) is 2.12. The molecular weight excluding hydrogens is 203 g/mol. The van der Waals surface area contributed by atoms with Gasteiger partial charge in [-0.3, -0.25) is 5.41 Å². The number of halogens is 2. The summed E-state index contributed by atoms with van der Waals surface area (Å²) < 4.78 is 13.3. The maximum Gasteiger partial charge on any atom is 0.126 e. The number of rotatable bonds is 1. The molecule has 0 aromatic heterocycles. The van der Waals surface area contributed by atoms with E-state index in [0.29, 0.717) is 23.4 Å². The van der Waals surface area contributed by atoms with Crippen LogP contribution in [0.2, 0.25) is 5.02 Å². The van der Waals surface area contributed by atoms with Gasteiger partial charge in [-0.25, -0.2) is 4.39 Å². The molecule has 0 saturated heterocycles. The molecule has 1 atom stereocenters. The standard InChI is InChI=1S/C10H10ClFN2/c11-8-1-2-9(12)7-4-5(10(13)14)3-6(7)8/h1-2,5H,3-4H2,(H3,13,14). The van der Waals surface area contributed by atoms with E-state index >= 15 is 0 Å². The molecule has 2 rings (SSSR count). The van der Waals surface area contributed by atoms with Crippen molar-refractivity contribution in [3.05, 3.63) is 34.1 Å². The molecule has 1 aromatic carbocycles. The Morgan fingerprint density at radius 2 is 2.07 bits per heavy atom. The second-order valence-electron chi connectivity index (χ2n) is 3.55. The van der Waals surface area contributed by atoms with Gasteiger partial charge in [0.15, 0.2) is 0 Å². The van der Waals surface area contributed by atoms with Crippen LogP contribution in [0, 0.1) is 17.1 Å². The van der Waals surface area contributed by atoms with Crippen molar-refractivity contribution in [1.82, 2.24) is 0 Å².